The molecule has 0 spiro atoms. The molecular weight excluding hydrogens is 266 g/mol. The van der Waals surface area contributed by atoms with Gasteiger partial charge in [0.1, 0.15) is 5.76 Å². The molecular formula is C14H14ClNO3. The van der Waals surface area contributed by atoms with Gasteiger partial charge in [0.05, 0.1) is 23.9 Å². The maximum Gasteiger partial charge on any atom is 0.373 e. The van der Waals surface area contributed by atoms with Crippen molar-refractivity contribution in [1.82, 2.24) is 0 Å². The van der Waals surface area contributed by atoms with Gasteiger partial charge in [-0.3, -0.25) is 0 Å². The van der Waals surface area contributed by atoms with Gasteiger partial charge in [-0.1, -0.05) is 23.7 Å². The van der Waals surface area contributed by atoms with Crippen LogP contribution in [-0.2, 0) is 4.74 Å². The van der Waals surface area contributed by atoms with E-state index in [0.717, 1.165) is 5.69 Å². The second kappa shape index (κ2) is 5.80. The average Bonchev–Trinajstić information content (AvgIpc) is 2.90. The number of nitrogens with one attached hydrogen (secondary N) is 1. The summed E-state index contributed by atoms with van der Waals surface area (Å²) in [4.78, 5) is 11.3. The zero-order chi connectivity index (χ0) is 13.8. The molecule has 4 nitrogen and oxygen atoms in total. The van der Waals surface area contributed by atoms with E-state index in [1.165, 1.54) is 7.11 Å². The molecule has 0 bridgehead atoms. The van der Waals surface area contributed by atoms with E-state index in [-0.39, 0.29) is 11.8 Å². The number of carbonyl (C=O) groups excluding carboxylic acids is 1. The van der Waals surface area contributed by atoms with Crippen LogP contribution in [0.15, 0.2) is 40.8 Å². The zero-order valence-corrected chi connectivity index (χ0v) is 11.4. The van der Waals surface area contributed by atoms with Gasteiger partial charge in [0.25, 0.3) is 0 Å². The Morgan fingerprint density at radius 3 is 2.74 bits per heavy atom. The number of esters is 1. The van der Waals surface area contributed by atoms with Crippen LogP contribution in [0.3, 0.4) is 0 Å². The van der Waals surface area contributed by atoms with Crippen molar-refractivity contribution in [3.05, 3.63) is 52.9 Å². The Morgan fingerprint density at radius 2 is 2.05 bits per heavy atom. The molecule has 5 heteroatoms. The molecule has 19 heavy (non-hydrogen) atoms. The van der Waals surface area contributed by atoms with Crippen LogP contribution in [0.25, 0.3) is 0 Å². The number of hydrogen-bond acceptors (Lipinski definition) is 4. The van der Waals surface area contributed by atoms with E-state index < -0.39 is 5.97 Å². The van der Waals surface area contributed by atoms with Gasteiger partial charge in [-0.05, 0) is 31.2 Å². The molecule has 1 aromatic heterocycles. The van der Waals surface area contributed by atoms with E-state index >= 15 is 0 Å². The minimum atomic E-state index is -0.490. The summed E-state index contributed by atoms with van der Waals surface area (Å²) in [5, 5.41) is 3.85. The zero-order valence-electron chi connectivity index (χ0n) is 10.6. The summed E-state index contributed by atoms with van der Waals surface area (Å²) in [6, 6.07) is 10.6. The van der Waals surface area contributed by atoms with Crippen molar-refractivity contribution in [2.45, 2.75) is 13.0 Å². The summed E-state index contributed by atoms with van der Waals surface area (Å²) >= 11 is 6.07. The summed E-state index contributed by atoms with van der Waals surface area (Å²) in [5.41, 5.74) is 0.813. The predicted octanol–water partition coefficient (Wildman–Crippen LogP) is 3.89. The van der Waals surface area contributed by atoms with Crippen LogP contribution in [0, 0.1) is 0 Å². The first-order valence-electron chi connectivity index (χ1n) is 5.81. The highest BCUT2D eigenvalue weighted by Gasteiger charge is 2.15. The standard InChI is InChI=1S/C14H14ClNO3/c1-9(16-11-6-4-3-5-10(11)15)12-7-8-13(19-12)14(17)18-2/h3-9,16H,1-2H3. The number of benzene rings is 1. The lowest BCUT2D eigenvalue weighted by Crippen LogP contribution is -2.06. The van der Waals surface area contributed by atoms with E-state index in [1.54, 1.807) is 18.2 Å². The molecule has 0 saturated carbocycles. The maximum atomic E-state index is 11.3. The molecule has 100 valence electrons. The Bertz CT molecular complexity index is 580. The van der Waals surface area contributed by atoms with Crippen molar-refractivity contribution in [3.63, 3.8) is 0 Å². The van der Waals surface area contributed by atoms with Gasteiger partial charge in [0, 0.05) is 0 Å². The number of carbonyl (C=O) groups is 1. The first kappa shape index (κ1) is 13.5. The third-order valence-electron chi connectivity index (χ3n) is 2.69. The molecule has 0 radical (unpaired) electrons. The number of halogens is 1. The minimum Gasteiger partial charge on any atom is -0.463 e. The van der Waals surface area contributed by atoms with Crippen LogP contribution in [0.1, 0.15) is 29.3 Å². The topological polar surface area (TPSA) is 51.5 Å². The largest absolute Gasteiger partial charge is 0.463 e. The number of rotatable bonds is 4. The number of ether oxygens (including phenoxy) is 1. The van der Waals surface area contributed by atoms with Crippen molar-refractivity contribution >= 4 is 23.3 Å². The minimum absolute atomic E-state index is 0.113. The maximum absolute atomic E-state index is 11.3. The summed E-state index contributed by atoms with van der Waals surface area (Å²) in [7, 11) is 1.32. The van der Waals surface area contributed by atoms with Crippen LogP contribution in [0.2, 0.25) is 5.02 Å². The number of furan rings is 1. The summed E-state index contributed by atoms with van der Waals surface area (Å²) in [6.45, 7) is 1.92. The molecule has 0 amide bonds. The molecule has 1 aromatic carbocycles. The predicted molar refractivity (Wildman–Crippen MR) is 73.5 cm³/mol. The van der Waals surface area contributed by atoms with Gasteiger partial charge in [-0.2, -0.15) is 0 Å². The summed E-state index contributed by atoms with van der Waals surface area (Å²) in [5.74, 6) is 0.335. The van der Waals surface area contributed by atoms with Gasteiger partial charge in [-0.25, -0.2) is 4.79 Å². The van der Waals surface area contributed by atoms with E-state index in [1.807, 2.05) is 25.1 Å². The quantitative estimate of drug-likeness (QED) is 0.863. The van der Waals surface area contributed by atoms with Crippen molar-refractivity contribution in [2.24, 2.45) is 0 Å². The molecule has 1 heterocycles. The van der Waals surface area contributed by atoms with E-state index in [9.17, 15) is 4.79 Å². The summed E-state index contributed by atoms with van der Waals surface area (Å²) in [6.07, 6.45) is 0. The molecule has 0 aliphatic heterocycles. The first-order valence-corrected chi connectivity index (χ1v) is 6.18. The molecule has 0 aliphatic rings. The molecule has 1 unspecified atom stereocenters. The van der Waals surface area contributed by atoms with Crippen LogP contribution in [-0.4, -0.2) is 13.1 Å². The smallest absolute Gasteiger partial charge is 0.373 e. The third-order valence-corrected chi connectivity index (χ3v) is 3.02. The number of methoxy groups -OCH3 is 1. The van der Waals surface area contributed by atoms with Crippen molar-refractivity contribution in [2.75, 3.05) is 12.4 Å². The lowest BCUT2D eigenvalue weighted by atomic mass is 10.2. The number of anilines is 1. The number of hydrogen-bond donors (Lipinski definition) is 1. The second-order valence-corrected chi connectivity index (χ2v) is 4.45. The van der Waals surface area contributed by atoms with E-state index in [4.69, 9.17) is 16.0 Å². The fraction of sp³-hybridized carbons (Fsp3) is 0.214. The van der Waals surface area contributed by atoms with Gasteiger partial charge in [-0.15, -0.1) is 0 Å². The van der Waals surface area contributed by atoms with Gasteiger partial charge >= 0.3 is 5.97 Å². The molecule has 0 saturated heterocycles. The Morgan fingerprint density at radius 1 is 1.32 bits per heavy atom. The Balaban J connectivity index is 2.12. The van der Waals surface area contributed by atoms with Gasteiger partial charge < -0.3 is 14.5 Å². The molecule has 0 aliphatic carbocycles. The summed E-state index contributed by atoms with van der Waals surface area (Å²) < 4.78 is 10.0. The fourth-order valence-corrected chi connectivity index (χ4v) is 1.87. The number of para-hydroxylation sites is 1. The van der Waals surface area contributed by atoms with Crippen molar-refractivity contribution < 1.29 is 13.9 Å². The normalized spacial score (nSPS) is 11.9. The Hall–Kier alpha value is -1.94. The lowest BCUT2D eigenvalue weighted by molar-refractivity contribution is 0.0562. The molecule has 0 fully saturated rings. The van der Waals surface area contributed by atoms with Crippen LogP contribution < -0.4 is 5.32 Å². The van der Waals surface area contributed by atoms with E-state index in [2.05, 4.69) is 10.1 Å². The van der Waals surface area contributed by atoms with Crippen molar-refractivity contribution in [3.8, 4) is 0 Å². The second-order valence-electron chi connectivity index (χ2n) is 4.04. The molecule has 1 atom stereocenters. The fourth-order valence-electron chi connectivity index (χ4n) is 1.68. The molecule has 2 aromatic rings. The lowest BCUT2D eigenvalue weighted by Gasteiger charge is -2.13. The van der Waals surface area contributed by atoms with Crippen molar-refractivity contribution in [1.29, 1.82) is 0 Å². The van der Waals surface area contributed by atoms with E-state index in [0.29, 0.717) is 10.8 Å². The highest BCUT2D eigenvalue weighted by Crippen LogP contribution is 2.26. The third kappa shape index (κ3) is 3.09. The monoisotopic (exact) mass is 279 g/mol. The highest BCUT2D eigenvalue weighted by molar-refractivity contribution is 6.33. The van der Waals surface area contributed by atoms with Crippen LogP contribution in [0.4, 0.5) is 5.69 Å². The SMILES string of the molecule is COC(=O)c1ccc(C(C)Nc2ccccc2Cl)o1. The van der Waals surface area contributed by atoms with Gasteiger partial charge in [0.2, 0.25) is 5.76 Å². The first-order chi connectivity index (χ1) is 9.11. The molecule has 1 N–H and O–H groups in total. The average molecular weight is 280 g/mol. The molecule has 2 rings (SSSR count). The highest BCUT2D eigenvalue weighted by atomic mass is 35.5. The van der Waals surface area contributed by atoms with Crippen LogP contribution >= 0.6 is 11.6 Å². The Kier molecular flexibility index (Phi) is 4.12. The van der Waals surface area contributed by atoms with Crippen LogP contribution in [0.5, 0.6) is 0 Å². The van der Waals surface area contributed by atoms with Gasteiger partial charge in [0.15, 0.2) is 0 Å². The Labute approximate surface area is 116 Å².